The normalized spacial score (nSPS) is 14.8. The molecule has 454 valence electrons. The second-order valence-electron chi connectivity index (χ2n) is 27.5. The Bertz CT molecular complexity index is 5850. The largest absolute Gasteiger partial charge is 0.311 e. The van der Waals surface area contributed by atoms with Crippen LogP contribution < -0.4 is 26.2 Å². The molecule has 94 heavy (non-hydrogen) atoms. The monoisotopic (exact) mass is 1230 g/mol. The molecule has 0 bridgehead atoms. The standard InChI is InChI=1S/C87H73BN6/c1-85(2,3)62-44-48-75(70(50-62)84-90-82(59-35-21-13-22-36-59)89-83(91-84)60-37-23-14-24-38-60)93-76-49-61(56-29-15-10-16-30-56)43-46-71(76)88-72-47-45-65(92-73-41-27-25-39-66(73)67-40-26-28-42-74(67)92)55-77(72)94(79-54-64(87(7,8)9)53-78(93)80(79)88)81-68(57-31-17-11-18-32-57)51-63(86(4,5)6)52-69(81)58-33-19-12-20-34-58/h10-55H,1-9H3/i10D,15D,16D,25D,26D,27D,28D,29D,30D,39D,40D,41D,42D. The van der Waals surface area contributed by atoms with Crippen molar-refractivity contribution >= 4 is 79.0 Å². The highest BCUT2D eigenvalue weighted by atomic mass is 15.2. The summed E-state index contributed by atoms with van der Waals surface area (Å²) in [4.78, 5) is 20.7. The van der Waals surface area contributed by atoms with Crippen molar-refractivity contribution in [3.8, 4) is 73.2 Å². The summed E-state index contributed by atoms with van der Waals surface area (Å²) in [6.45, 7) is 18.9. The first kappa shape index (κ1) is 45.4. The van der Waals surface area contributed by atoms with Crippen LogP contribution in [0.15, 0.2) is 279 Å². The SMILES string of the molecule is [2H]c1c([2H])c([2H])c(-c2ccc3c(c2)N(c2ccc(C(C)(C)C)cc2-c2nc(-c4ccccc4)nc(-c4ccccc4)n2)c2cc(C(C)(C)C)cc4c2B3c2ccc(-n3c5c([2H])c([2H])c([2H])c([2H])c5c5c([2H])c([2H])c([2H])c([2H])c53)cc2N4c2c(-c3ccccc3)cc(C(C)(C)C)cc2-c2ccccc2)c([2H])c1[2H]. The summed E-state index contributed by atoms with van der Waals surface area (Å²) in [6, 6.07) is 61.2. The molecular weight excluding hydrogens is 1140 g/mol. The van der Waals surface area contributed by atoms with Gasteiger partial charge in [0, 0.05) is 67.0 Å². The number of aromatic nitrogens is 4. The maximum Gasteiger partial charge on any atom is 0.252 e. The molecule has 2 aliphatic rings. The number of anilines is 6. The molecule has 2 aromatic heterocycles. The van der Waals surface area contributed by atoms with Crippen LogP contribution in [0.5, 0.6) is 0 Å². The predicted molar refractivity (Wildman–Crippen MR) is 397 cm³/mol. The number of para-hydroxylation sites is 2. The third kappa shape index (κ3) is 10.0. The molecule has 0 N–H and O–H groups in total. The Labute approximate surface area is 570 Å². The van der Waals surface area contributed by atoms with Crippen molar-refractivity contribution in [3.63, 3.8) is 0 Å². The van der Waals surface area contributed by atoms with Crippen molar-refractivity contribution in [1.29, 1.82) is 0 Å². The van der Waals surface area contributed by atoms with E-state index < -0.39 is 84.0 Å². The van der Waals surface area contributed by atoms with Gasteiger partial charge in [0.25, 0.3) is 6.71 Å². The van der Waals surface area contributed by atoms with Crippen LogP contribution in [0.1, 0.15) is 96.8 Å². The van der Waals surface area contributed by atoms with Gasteiger partial charge in [0.1, 0.15) is 0 Å². The molecule has 12 aromatic carbocycles. The predicted octanol–water partition coefficient (Wildman–Crippen LogP) is 20.9. The fourth-order valence-corrected chi connectivity index (χ4v) is 13.6. The summed E-state index contributed by atoms with van der Waals surface area (Å²) in [7, 11) is 0. The van der Waals surface area contributed by atoms with E-state index >= 15 is 0 Å². The van der Waals surface area contributed by atoms with Crippen LogP contribution in [0.2, 0.25) is 0 Å². The number of hydrogen-bond acceptors (Lipinski definition) is 5. The molecular formula is C87H73BN6. The van der Waals surface area contributed by atoms with Gasteiger partial charge in [-0.1, -0.05) is 274 Å². The van der Waals surface area contributed by atoms with Gasteiger partial charge in [-0.25, -0.2) is 15.0 Å². The van der Waals surface area contributed by atoms with Crippen molar-refractivity contribution in [3.05, 3.63) is 295 Å². The van der Waals surface area contributed by atoms with Crippen LogP contribution in [0.25, 0.3) is 95.0 Å². The van der Waals surface area contributed by atoms with Crippen molar-refractivity contribution in [2.24, 2.45) is 0 Å². The molecule has 0 atom stereocenters. The van der Waals surface area contributed by atoms with Crippen molar-refractivity contribution in [2.45, 2.75) is 78.6 Å². The molecule has 16 rings (SSSR count). The third-order valence-electron chi connectivity index (χ3n) is 18.4. The quantitative estimate of drug-likeness (QED) is 0.135. The zero-order chi connectivity index (χ0) is 75.5. The third-order valence-corrected chi connectivity index (χ3v) is 18.4. The van der Waals surface area contributed by atoms with Gasteiger partial charge in [0.05, 0.1) is 40.2 Å². The molecule has 7 heteroatoms. The van der Waals surface area contributed by atoms with E-state index in [1.165, 1.54) is 0 Å². The first-order valence-electron chi connectivity index (χ1n) is 38.4. The van der Waals surface area contributed by atoms with Crippen LogP contribution in [0.4, 0.5) is 34.1 Å². The fourth-order valence-electron chi connectivity index (χ4n) is 13.6. The Balaban J connectivity index is 1.11. The van der Waals surface area contributed by atoms with Crippen LogP contribution in [-0.2, 0) is 16.2 Å². The van der Waals surface area contributed by atoms with E-state index in [2.05, 4.69) is 139 Å². The van der Waals surface area contributed by atoms with E-state index in [4.69, 9.17) is 21.8 Å². The molecule has 4 heterocycles. The Kier molecular flexibility index (Phi) is 10.8. The van der Waals surface area contributed by atoms with Gasteiger partial charge < -0.3 is 14.4 Å². The zero-order valence-electron chi connectivity index (χ0n) is 66.8. The van der Waals surface area contributed by atoms with Gasteiger partial charge in [0.15, 0.2) is 17.5 Å². The highest BCUT2D eigenvalue weighted by Gasteiger charge is 2.46. The van der Waals surface area contributed by atoms with Crippen LogP contribution in [-0.4, -0.2) is 26.2 Å². The molecule has 0 saturated carbocycles. The first-order valence-corrected chi connectivity index (χ1v) is 31.9. The van der Waals surface area contributed by atoms with Crippen LogP contribution in [0.3, 0.4) is 0 Å². The second kappa shape index (κ2) is 22.5. The number of nitrogens with zero attached hydrogens (tertiary/aromatic N) is 6. The number of rotatable bonds is 9. The lowest BCUT2D eigenvalue weighted by atomic mass is 9.33. The minimum absolute atomic E-state index is 0.0111. The van der Waals surface area contributed by atoms with E-state index in [1.807, 2.05) is 133 Å². The van der Waals surface area contributed by atoms with Gasteiger partial charge in [-0.05, 0) is 138 Å². The molecule has 0 spiro atoms. The smallest absolute Gasteiger partial charge is 0.252 e. The Morgan fingerprint density at radius 1 is 0.330 bits per heavy atom. The zero-order valence-corrected chi connectivity index (χ0v) is 53.8. The van der Waals surface area contributed by atoms with Crippen LogP contribution in [0, 0.1) is 0 Å². The Morgan fingerprint density at radius 2 is 0.777 bits per heavy atom. The molecule has 6 nitrogen and oxygen atoms in total. The van der Waals surface area contributed by atoms with E-state index in [0.717, 1.165) is 83.5 Å². The molecule has 0 radical (unpaired) electrons. The summed E-state index contributed by atoms with van der Waals surface area (Å²) in [5.74, 6) is 1.28. The first-order chi connectivity index (χ1) is 50.9. The van der Waals surface area contributed by atoms with E-state index in [1.54, 1.807) is 4.57 Å². The fraction of sp³-hybridized carbons (Fsp3) is 0.138. The molecule has 2 aliphatic heterocycles. The molecule has 0 unspecified atom stereocenters. The lowest BCUT2D eigenvalue weighted by molar-refractivity contribution is 0.590. The summed E-state index contributed by atoms with van der Waals surface area (Å²) in [5.41, 5.74) is 14.6. The molecule has 0 amide bonds. The molecule has 0 aliphatic carbocycles. The average molecular weight is 1230 g/mol. The molecule has 0 fully saturated rings. The van der Waals surface area contributed by atoms with Crippen LogP contribution >= 0.6 is 0 Å². The number of hydrogen-bond donors (Lipinski definition) is 0. The summed E-state index contributed by atoms with van der Waals surface area (Å²) in [6.07, 6.45) is 0. The van der Waals surface area contributed by atoms with Gasteiger partial charge >= 0.3 is 0 Å². The number of fused-ring (bicyclic) bond motifs is 7. The van der Waals surface area contributed by atoms with Crippen molar-refractivity contribution < 1.29 is 17.8 Å². The maximum atomic E-state index is 9.76. The number of benzene rings is 12. The maximum absolute atomic E-state index is 9.76. The van der Waals surface area contributed by atoms with Crippen molar-refractivity contribution in [2.75, 3.05) is 9.80 Å². The molecule has 0 saturated heterocycles. The average Bonchev–Trinajstić information content (AvgIpc) is 1.51. The Hall–Kier alpha value is -10.9. The second-order valence-corrected chi connectivity index (χ2v) is 27.5. The van der Waals surface area contributed by atoms with E-state index in [0.29, 0.717) is 51.3 Å². The highest BCUT2D eigenvalue weighted by molar-refractivity contribution is 7.00. The van der Waals surface area contributed by atoms with Gasteiger partial charge in [0.2, 0.25) is 0 Å². The Morgan fingerprint density at radius 3 is 1.31 bits per heavy atom. The minimum Gasteiger partial charge on any atom is -0.311 e. The van der Waals surface area contributed by atoms with Gasteiger partial charge in [-0.15, -0.1) is 0 Å². The minimum atomic E-state index is -0.694. The molecule has 14 aromatic rings. The van der Waals surface area contributed by atoms with Gasteiger partial charge in [-0.3, -0.25) is 0 Å². The lowest BCUT2D eigenvalue weighted by Gasteiger charge is -2.46. The highest BCUT2D eigenvalue weighted by Crippen LogP contribution is 2.54. The summed E-state index contributed by atoms with van der Waals surface area (Å²) >= 11 is 0. The topological polar surface area (TPSA) is 50.1 Å². The van der Waals surface area contributed by atoms with E-state index in [-0.39, 0.29) is 44.9 Å². The summed E-state index contributed by atoms with van der Waals surface area (Å²) in [5, 5.41) is -0.104. The van der Waals surface area contributed by atoms with Crippen molar-refractivity contribution in [1.82, 2.24) is 19.5 Å². The van der Waals surface area contributed by atoms with E-state index in [9.17, 15) is 11.0 Å². The van der Waals surface area contributed by atoms with Gasteiger partial charge in [-0.2, -0.15) is 0 Å². The summed E-state index contributed by atoms with van der Waals surface area (Å²) < 4.78 is 122. The lowest BCUT2D eigenvalue weighted by Crippen LogP contribution is -2.61.